The minimum atomic E-state index is -3.84. The van der Waals surface area contributed by atoms with Crippen LogP contribution in [0.1, 0.15) is 44.6 Å². The van der Waals surface area contributed by atoms with E-state index in [1.54, 1.807) is 17.0 Å². The summed E-state index contributed by atoms with van der Waals surface area (Å²) < 4.78 is 23.3. The average Bonchev–Trinajstić information content (AvgIpc) is 2.71. The van der Waals surface area contributed by atoms with E-state index in [0.717, 1.165) is 11.3 Å². The summed E-state index contributed by atoms with van der Waals surface area (Å²) in [4.78, 5) is 30.4. The zero-order valence-electron chi connectivity index (χ0n) is 19.3. The first kappa shape index (κ1) is 23.2. The Morgan fingerprint density at radius 1 is 0.970 bits per heavy atom. The number of carbonyl (C=O) groups excluding carboxylic acids is 2. The van der Waals surface area contributed by atoms with Gasteiger partial charge in [-0.05, 0) is 53.8 Å². The summed E-state index contributed by atoms with van der Waals surface area (Å²) in [6, 6.07) is 13.9. The number of primary sulfonamides is 1. The minimum Gasteiger partial charge on any atom is -0.378 e. The standard InChI is InChI=1S/C25H29N3O4S/c1-25(2)14-21-24(22(29)15-25)20(16-5-7-17(8-6-16)27(3)4)13-23(30)28(21)18-9-11-19(12-10-18)33(26,31)32/h5-12,20H,13-15H2,1-4H3,(H2,26,31,32). The van der Waals surface area contributed by atoms with Gasteiger partial charge in [-0.2, -0.15) is 0 Å². The lowest BCUT2D eigenvalue weighted by molar-refractivity contribution is -0.121. The first-order valence-corrected chi connectivity index (χ1v) is 12.4. The Morgan fingerprint density at radius 3 is 2.12 bits per heavy atom. The first-order valence-electron chi connectivity index (χ1n) is 10.9. The van der Waals surface area contributed by atoms with E-state index in [4.69, 9.17) is 5.14 Å². The summed E-state index contributed by atoms with van der Waals surface area (Å²) >= 11 is 0. The van der Waals surface area contributed by atoms with Gasteiger partial charge in [0.25, 0.3) is 0 Å². The van der Waals surface area contributed by atoms with E-state index in [1.807, 2.05) is 57.1 Å². The molecule has 7 nitrogen and oxygen atoms in total. The SMILES string of the molecule is CN(C)c1ccc(C2CC(=O)N(c3ccc(S(N)(=O)=O)cc3)C3=C2C(=O)CC(C)(C)C3)cc1. The van der Waals surface area contributed by atoms with Gasteiger partial charge in [-0.25, -0.2) is 13.6 Å². The zero-order chi connectivity index (χ0) is 24.1. The number of rotatable bonds is 4. The quantitative estimate of drug-likeness (QED) is 0.741. The predicted molar refractivity (Wildman–Crippen MR) is 128 cm³/mol. The van der Waals surface area contributed by atoms with Gasteiger partial charge in [0.1, 0.15) is 0 Å². The van der Waals surface area contributed by atoms with Crippen LogP contribution in [0.5, 0.6) is 0 Å². The molecule has 0 radical (unpaired) electrons. The molecule has 0 fully saturated rings. The number of sulfonamides is 1. The predicted octanol–water partition coefficient (Wildman–Crippen LogP) is 3.56. The summed E-state index contributed by atoms with van der Waals surface area (Å²) in [5.41, 5.74) is 3.62. The molecule has 1 atom stereocenters. The van der Waals surface area contributed by atoms with Crippen LogP contribution in [0.3, 0.4) is 0 Å². The lowest BCUT2D eigenvalue weighted by Gasteiger charge is -2.43. The Labute approximate surface area is 194 Å². The molecule has 2 aromatic rings. The minimum absolute atomic E-state index is 0.0242. The Bertz CT molecular complexity index is 1240. The van der Waals surface area contributed by atoms with Crippen molar-refractivity contribution in [1.29, 1.82) is 0 Å². The third kappa shape index (κ3) is 4.45. The largest absolute Gasteiger partial charge is 0.378 e. The van der Waals surface area contributed by atoms with Crippen LogP contribution in [-0.2, 0) is 19.6 Å². The van der Waals surface area contributed by atoms with Crippen molar-refractivity contribution in [1.82, 2.24) is 0 Å². The number of anilines is 2. The highest BCUT2D eigenvalue weighted by molar-refractivity contribution is 7.89. The van der Waals surface area contributed by atoms with Crippen molar-refractivity contribution in [3.8, 4) is 0 Å². The smallest absolute Gasteiger partial charge is 0.238 e. The maximum absolute atomic E-state index is 13.4. The fraction of sp³-hybridized carbons (Fsp3) is 0.360. The summed E-state index contributed by atoms with van der Waals surface area (Å²) in [5, 5.41) is 5.22. The molecule has 0 saturated carbocycles. The Kier molecular flexibility index (Phi) is 5.70. The molecule has 1 aliphatic carbocycles. The summed E-state index contributed by atoms with van der Waals surface area (Å²) in [6.45, 7) is 4.05. The highest BCUT2D eigenvalue weighted by atomic mass is 32.2. The van der Waals surface area contributed by atoms with Crippen LogP contribution >= 0.6 is 0 Å². The van der Waals surface area contributed by atoms with Crippen molar-refractivity contribution in [2.75, 3.05) is 23.9 Å². The second-order valence-corrected chi connectivity index (χ2v) is 11.4. The van der Waals surface area contributed by atoms with Crippen molar-refractivity contribution >= 4 is 33.1 Å². The summed E-state index contributed by atoms with van der Waals surface area (Å²) in [5.74, 6) is -0.363. The van der Waals surface area contributed by atoms with Crippen molar-refractivity contribution in [2.45, 2.75) is 43.9 Å². The van der Waals surface area contributed by atoms with Crippen LogP contribution in [0, 0.1) is 5.41 Å². The fourth-order valence-electron chi connectivity index (χ4n) is 4.79. The van der Waals surface area contributed by atoms with E-state index >= 15 is 0 Å². The lowest BCUT2D eigenvalue weighted by Crippen LogP contribution is -2.43. The monoisotopic (exact) mass is 467 g/mol. The van der Waals surface area contributed by atoms with Crippen LogP contribution in [-0.4, -0.2) is 34.2 Å². The van der Waals surface area contributed by atoms with Gasteiger partial charge in [-0.15, -0.1) is 0 Å². The number of allylic oxidation sites excluding steroid dienone is 2. The van der Waals surface area contributed by atoms with Gasteiger partial charge in [0, 0.05) is 55.5 Å². The lowest BCUT2D eigenvalue weighted by atomic mass is 9.69. The molecule has 1 amide bonds. The number of amides is 1. The highest BCUT2D eigenvalue weighted by Gasteiger charge is 2.44. The normalized spacial score (nSPS) is 20.6. The van der Waals surface area contributed by atoms with E-state index in [-0.39, 0.29) is 34.3 Å². The fourth-order valence-corrected chi connectivity index (χ4v) is 5.30. The van der Waals surface area contributed by atoms with Gasteiger partial charge < -0.3 is 4.90 Å². The maximum Gasteiger partial charge on any atom is 0.238 e. The molecule has 0 saturated heterocycles. The van der Waals surface area contributed by atoms with E-state index < -0.39 is 10.0 Å². The van der Waals surface area contributed by atoms with E-state index in [9.17, 15) is 18.0 Å². The molecule has 174 valence electrons. The molecule has 2 N–H and O–H groups in total. The van der Waals surface area contributed by atoms with Crippen LogP contribution in [0.4, 0.5) is 11.4 Å². The number of nitrogens with two attached hydrogens (primary N) is 1. The third-order valence-corrected chi connectivity index (χ3v) is 7.31. The number of carbonyl (C=O) groups is 2. The molecular weight excluding hydrogens is 438 g/mol. The van der Waals surface area contributed by atoms with E-state index in [1.165, 1.54) is 12.1 Å². The van der Waals surface area contributed by atoms with Gasteiger partial charge in [0.05, 0.1) is 4.90 Å². The van der Waals surface area contributed by atoms with Crippen LogP contribution in [0.15, 0.2) is 64.7 Å². The number of benzene rings is 2. The molecule has 0 bridgehead atoms. The van der Waals surface area contributed by atoms with Gasteiger partial charge in [0.15, 0.2) is 5.78 Å². The molecule has 0 spiro atoms. The molecule has 33 heavy (non-hydrogen) atoms. The topological polar surface area (TPSA) is 101 Å². The molecular formula is C25H29N3O4S. The van der Waals surface area contributed by atoms with E-state index in [2.05, 4.69) is 0 Å². The van der Waals surface area contributed by atoms with E-state index in [0.29, 0.717) is 29.8 Å². The maximum atomic E-state index is 13.4. The second kappa shape index (κ2) is 8.11. The molecule has 1 aliphatic heterocycles. The van der Waals surface area contributed by atoms with Crippen molar-refractivity contribution < 1.29 is 18.0 Å². The molecule has 2 aromatic carbocycles. The number of hydrogen-bond donors (Lipinski definition) is 1. The Morgan fingerprint density at radius 2 is 1.58 bits per heavy atom. The summed E-state index contributed by atoms with van der Waals surface area (Å²) in [7, 11) is 0.0856. The average molecular weight is 468 g/mol. The molecule has 8 heteroatoms. The van der Waals surface area contributed by atoms with Gasteiger partial charge in [0.2, 0.25) is 15.9 Å². The number of ketones is 1. The molecule has 0 aromatic heterocycles. The van der Waals surface area contributed by atoms with Crippen molar-refractivity contribution in [2.24, 2.45) is 10.6 Å². The Balaban J connectivity index is 1.83. The molecule has 1 unspecified atom stereocenters. The second-order valence-electron chi connectivity index (χ2n) is 9.81. The summed E-state index contributed by atoms with van der Waals surface area (Å²) in [6.07, 6.45) is 1.16. The zero-order valence-corrected chi connectivity index (χ0v) is 20.1. The van der Waals surface area contributed by atoms with Crippen molar-refractivity contribution in [3.05, 3.63) is 65.4 Å². The van der Waals surface area contributed by atoms with Gasteiger partial charge >= 0.3 is 0 Å². The van der Waals surface area contributed by atoms with Crippen LogP contribution < -0.4 is 14.9 Å². The number of Topliss-reactive ketones (excluding diaryl/α,β-unsaturated/α-hetero) is 1. The molecule has 4 rings (SSSR count). The number of nitrogens with zero attached hydrogens (tertiary/aromatic N) is 2. The van der Waals surface area contributed by atoms with Crippen LogP contribution in [0.2, 0.25) is 0 Å². The van der Waals surface area contributed by atoms with Gasteiger partial charge in [-0.3, -0.25) is 14.5 Å². The number of hydrogen-bond acceptors (Lipinski definition) is 5. The first-order chi connectivity index (χ1) is 15.4. The third-order valence-electron chi connectivity index (χ3n) is 6.38. The molecule has 2 aliphatic rings. The van der Waals surface area contributed by atoms with Crippen LogP contribution in [0.25, 0.3) is 0 Å². The van der Waals surface area contributed by atoms with Gasteiger partial charge in [-0.1, -0.05) is 26.0 Å². The highest BCUT2D eigenvalue weighted by Crippen LogP contribution is 2.48. The Hall–Kier alpha value is -2.97. The van der Waals surface area contributed by atoms with Crippen molar-refractivity contribution in [3.63, 3.8) is 0 Å². The molecule has 1 heterocycles.